The summed E-state index contributed by atoms with van der Waals surface area (Å²) in [5, 5.41) is 4.91. The highest BCUT2D eigenvalue weighted by Gasteiger charge is 2.48. The minimum atomic E-state index is -0.164. The quantitative estimate of drug-likeness (QED) is 0.409. The summed E-state index contributed by atoms with van der Waals surface area (Å²) in [5.41, 5.74) is 2.76. The molecule has 9 nitrogen and oxygen atoms in total. The molecule has 2 bridgehead atoms. The lowest BCUT2D eigenvalue weighted by Crippen LogP contribution is -2.52. The molecule has 10 heteroatoms. The predicted octanol–water partition coefficient (Wildman–Crippen LogP) is 4.34. The number of hydrogen-bond donors (Lipinski definition) is 2. The lowest BCUT2D eigenvalue weighted by Gasteiger charge is -2.47. The highest BCUT2D eigenvalue weighted by atomic mass is 35.5. The van der Waals surface area contributed by atoms with Gasteiger partial charge in [0.25, 0.3) is 0 Å². The molecule has 176 valence electrons. The van der Waals surface area contributed by atoms with Crippen LogP contribution in [0.25, 0.3) is 33.6 Å². The fraction of sp³-hybridized carbons (Fsp3) is 0.458. The average molecular weight is 480 g/mol. The maximum Gasteiger partial charge on any atom is 0.311 e. The molecule has 2 N–H and O–H groups in total. The molecule has 7 rings (SSSR count). The van der Waals surface area contributed by atoms with E-state index in [0.717, 1.165) is 48.1 Å². The summed E-state index contributed by atoms with van der Waals surface area (Å²) in [7, 11) is 1.96. The van der Waals surface area contributed by atoms with Crippen LogP contribution in [0.4, 0.5) is 5.82 Å². The molecule has 4 aromatic heterocycles. The minimum absolute atomic E-state index is 0.0186. The molecule has 0 saturated heterocycles. The zero-order valence-corrected chi connectivity index (χ0v) is 19.8. The van der Waals surface area contributed by atoms with Crippen molar-refractivity contribution in [2.45, 2.75) is 38.6 Å². The van der Waals surface area contributed by atoms with E-state index in [-0.39, 0.29) is 17.9 Å². The van der Waals surface area contributed by atoms with Crippen LogP contribution < -0.4 is 5.32 Å². The Morgan fingerprint density at radius 3 is 2.82 bits per heavy atom. The zero-order valence-electron chi connectivity index (χ0n) is 19.1. The van der Waals surface area contributed by atoms with Crippen LogP contribution in [0.3, 0.4) is 0 Å². The van der Waals surface area contributed by atoms with Crippen molar-refractivity contribution in [1.29, 1.82) is 0 Å². The second kappa shape index (κ2) is 8.23. The van der Waals surface area contributed by atoms with Gasteiger partial charge in [-0.15, -0.1) is 0 Å². The Morgan fingerprint density at radius 2 is 2.03 bits per heavy atom. The number of rotatable bonds is 5. The molecule has 0 aliphatic heterocycles. The summed E-state index contributed by atoms with van der Waals surface area (Å²) < 4.78 is 7.46. The number of H-pyrrole nitrogens is 1. The number of anilines is 1. The van der Waals surface area contributed by atoms with Crippen LogP contribution in [-0.2, 0) is 16.6 Å². The largest absolute Gasteiger partial charge is 0.466 e. The fourth-order valence-corrected chi connectivity index (χ4v) is 5.93. The number of carbonyl (C=O) groups excluding carboxylic acids is 1. The SMILES string of the molecule is CCOC(=O)[C@@H]1C2CCC(CC2)[C@H]1Nc1nc(-c2c[nH]c3ncc(Cl)nc23)nc2c1ccn2C. The first-order valence-electron chi connectivity index (χ1n) is 11.8. The first kappa shape index (κ1) is 21.3. The fourth-order valence-electron chi connectivity index (χ4n) is 5.80. The van der Waals surface area contributed by atoms with Crippen LogP contribution in [0, 0.1) is 17.8 Å². The molecule has 3 aliphatic rings. The van der Waals surface area contributed by atoms with Crippen molar-refractivity contribution in [3.05, 3.63) is 29.8 Å². The maximum absolute atomic E-state index is 13.0. The number of fused-ring (bicyclic) bond motifs is 5. The second-order valence-corrected chi connectivity index (χ2v) is 9.66. The molecule has 3 fully saturated rings. The molecule has 0 aromatic carbocycles. The monoisotopic (exact) mass is 479 g/mol. The van der Waals surface area contributed by atoms with E-state index in [4.69, 9.17) is 26.3 Å². The lowest BCUT2D eigenvalue weighted by molar-refractivity contribution is -0.154. The summed E-state index contributed by atoms with van der Waals surface area (Å²) in [5.74, 6) is 1.73. The molecule has 34 heavy (non-hydrogen) atoms. The van der Waals surface area contributed by atoms with E-state index in [1.54, 1.807) is 6.20 Å². The third kappa shape index (κ3) is 3.41. The number of aromatic amines is 1. The van der Waals surface area contributed by atoms with E-state index in [0.29, 0.717) is 40.6 Å². The number of nitrogens with zero attached hydrogens (tertiary/aromatic N) is 5. The van der Waals surface area contributed by atoms with Gasteiger partial charge in [0.2, 0.25) is 0 Å². The van der Waals surface area contributed by atoms with Crippen LogP contribution in [-0.4, -0.2) is 48.1 Å². The molecule has 0 unspecified atom stereocenters. The van der Waals surface area contributed by atoms with E-state index in [1.165, 1.54) is 6.20 Å². The summed E-state index contributed by atoms with van der Waals surface area (Å²) in [6.07, 6.45) is 9.67. The van der Waals surface area contributed by atoms with Gasteiger partial charge in [0.1, 0.15) is 22.1 Å². The van der Waals surface area contributed by atoms with Crippen molar-refractivity contribution in [2.24, 2.45) is 24.8 Å². The van der Waals surface area contributed by atoms with Crippen LogP contribution in [0.15, 0.2) is 24.7 Å². The Kier molecular flexibility index (Phi) is 5.17. The molecule has 3 saturated carbocycles. The molecule has 0 spiro atoms. The minimum Gasteiger partial charge on any atom is -0.466 e. The Hall–Kier alpha value is -3.20. The van der Waals surface area contributed by atoms with Gasteiger partial charge in [0.05, 0.1) is 29.7 Å². The third-order valence-electron chi connectivity index (χ3n) is 7.40. The Balaban J connectivity index is 1.45. The zero-order chi connectivity index (χ0) is 23.4. The van der Waals surface area contributed by atoms with Crippen molar-refractivity contribution in [3.63, 3.8) is 0 Å². The number of aromatic nitrogens is 6. The normalized spacial score (nSPS) is 24.1. The topological polar surface area (TPSA) is 111 Å². The van der Waals surface area contributed by atoms with Crippen molar-refractivity contribution < 1.29 is 9.53 Å². The standard InChI is InChI=1S/C24H26ClN7O2/c1-3-34-24(33)17-12-4-6-13(7-5-12)18(17)29-20-14-8-9-32(2)23(14)31-21(30-20)15-10-26-22-19(15)28-16(25)11-27-22/h8-13,17-18H,3-7H2,1-2H3,(H,26,27)(H,29,30,31)/t12?,13?,17-,18-/m1/s1. The summed E-state index contributed by atoms with van der Waals surface area (Å²) in [4.78, 5) is 34.6. The molecule has 2 atom stereocenters. The van der Waals surface area contributed by atoms with Crippen molar-refractivity contribution >= 4 is 45.6 Å². The summed E-state index contributed by atoms with van der Waals surface area (Å²) in [6.45, 7) is 2.26. The first-order valence-corrected chi connectivity index (χ1v) is 12.2. The molecule has 4 heterocycles. The van der Waals surface area contributed by atoms with Gasteiger partial charge >= 0.3 is 5.97 Å². The van der Waals surface area contributed by atoms with Crippen molar-refractivity contribution in [2.75, 3.05) is 11.9 Å². The van der Waals surface area contributed by atoms with Gasteiger partial charge in [0, 0.05) is 25.5 Å². The number of hydrogen-bond acceptors (Lipinski definition) is 7. The molecular formula is C24H26ClN7O2. The average Bonchev–Trinajstić information content (AvgIpc) is 3.43. The van der Waals surface area contributed by atoms with E-state index in [2.05, 4.69) is 20.3 Å². The molecule has 4 aromatic rings. The van der Waals surface area contributed by atoms with Crippen LogP contribution in [0.1, 0.15) is 32.6 Å². The van der Waals surface area contributed by atoms with Gasteiger partial charge in [-0.1, -0.05) is 11.6 Å². The first-order chi connectivity index (χ1) is 16.5. The van der Waals surface area contributed by atoms with Gasteiger partial charge in [0.15, 0.2) is 11.5 Å². The van der Waals surface area contributed by atoms with Crippen LogP contribution in [0.2, 0.25) is 5.15 Å². The highest BCUT2D eigenvalue weighted by Crippen LogP contribution is 2.47. The number of esters is 1. The molecular weight excluding hydrogens is 454 g/mol. The van der Waals surface area contributed by atoms with Gasteiger partial charge < -0.3 is 19.6 Å². The smallest absolute Gasteiger partial charge is 0.311 e. The number of nitrogens with one attached hydrogen (secondary N) is 2. The highest BCUT2D eigenvalue weighted by molar-refractivity contribution is 6.29. The van der Waals surface area contributed by atoms with Gasteiger partial charge in [-0.05, 0) is 50.5 Å². The second-order valence-electron chi connectivity index (χ2n) is 9.27. The van der Waals surface area contributed by atoms with Crippen LogP contribution in [0.5, 0.6) is 0 Å². The van der Waals surface area contributed by atoms with E-state index in [1.807, 2.05) is 30.8 Å². The summed E-state index contributed by atoms with van der Waals surface area (Å²) in [6, 6.07) is 1.99. The Labute approximate surface area is 201 Å². The maximum atomic E-state index is 13.0. The van der Waals surface area contributed by atoms with Gasteiger partial charge in [-0.3, -0.25) is 4.79 Å². The number of carbonyl (C=O) groups is 1. The van der Waals surface area contributed by atoms with Crippen LogP contribution >= 0.6 is 11.6 Å². The summed E-state index contributed by atoms with van der Waals surface area (Å²) >= 11 is 6.12. The van der Waals surface area contributed by atoms with Gasteiger partial charge in [-0.2, -0.15) is 0 Å². The van der Waals surface area contributed by atoms with Crippen molar-refractivity contribution in [1.82, 2.24) is 29.5 Å². The Bertz CT molecular complexity index is 1390. The van der Waals surface area contributed by atoms with Crippen molar-refractivity contribution in [3.8, 4) is 11.4 Å². The number of halogens is 1. The molecule has 3 aliphatic carbocycles. The molecule has 0 amide bonds. The molecule has 0 radical (unpaired) electrons. The Morgan fingerprint density at radius 1 is 1.24 bits per heavy atom. The van der Waals surface area contributed by atoms with E-state index < -0.39 is 0 Å². The number of aryl methyl sites for hydroxylation is 1. The van der Waals surface area contributed by atoms with E-state index >= 15 is 0 Å². The predicted molar refractivity (Wildman–Crippen MR) is 129 cm³/mol. The van der Waals surface area contributed by atoms with E-state index in [9.17, 15) is 4.79 Å². The van der Waals surface area contributed by atoms with Gasteiger partial charge in [-0.25, -0.2) is 19.9 Å². The number of ether oxygens (including phenoxy) is 1. The lowest BCUT2D eigenvalue weighted by atomic mass is 9.61. The third-order valence-corrected chi connectivity index (χ3v) is 7.58.